The number of aromatic nitrogens is 2. The largest absolute Gasteiger partial charge is 0.388 e. The van der Waals surface area contributed by atoms with Crippen LogP contribution in [-0.4, -0.2) is 56.7 Å². The molecule has 6 nitrogen and oxygen atoms in total. The van der Waals surface area contributed by atoms with Crippen molar-refractivity contribution >= 4 is 18.3 Å². The van der Waals surface area contributed by atoms with Crippen LogP contribution in [0.1, 0.15) is 61.1 Å². The summed E-state index contributed by atoms with van der Waals surface area (Å²) in [5.74, 6) is -0.0344. The first-order valence-corrected chi connectivity index (χ1v) is 13.0. The summed E-state index contributed by atoms with van der Waals surface area (Å²) in [6.07, 6.45) is 7.35. The van der Waals surface area contributed by atoms with Gasteiger partial charge in [0.15, 0.2) is 5.69 Å². The van der Waals surface area contributed by atoms with Gasteiger partial charge in [-0.25, -0.2) is 4.98 Å². The van der Waals surface area contributed by atoms with Crippen molar-refractivity contribution in [2.45, 2.75) is 63.1 Å². The first kappa shape index (κ1) is 26.4. The number of amides is 1. The molecule has 3 aromatic rings. The summed E-state index contributed by atoms with van der Waals surface area (Å²) in [6.45, 7) is 4.25. The van der Waals surface area contributed by atoms with E-state index in [-0.39, 0.29) is 30.4 Å². The van der Waals surface area contributed by atoms with Crippen molar-refractivity contribution in [3.63, 3.8) is 0 Å². The Morgan fingerprint density at radius 1 is 1.08 bits per heavy atom. The lowest BCUT2D eigenvalue weighted by atomic mass is 9.80. The zero-order valence-electron chi connectivity index (χ0n) is 21.0. The SMILES string of the molecule is C[C@H](n1cnc(C(=O)N2CCNC[C@H]2Cc2ccccc2)c1-c1ccccc1)C1(O)CCCCC1.Cl. The normalized spacial score (nSPS) is 20.4. The summed E-state index contributed by atoms with van der Waals surface area (Å²) in [6, 6.07) is 20.3. The molecule has 2 aliphatic rings. The van der Waals surface area contributed by atoms with Crippen LogP contribution in [0, 0.1) is 0 Å². The van der Waals surface area contributed by atoms with Crippen LogP contribution in [0.4, 0.5) is 0 Å². The number of aliphatic hydroxyl groups is 1. The molecule has 5 rings (SSSR count). The van der Waals surface area contributed by atoms with Crippen molar-refractivity contribution in [2.75, 3.05) is 19.6 Å². The fraction of sp³-hybridized carbons (Fsp3) is 0.448. The number of nitrogens with one attached hydrogen (secondary N) is 1. The van der Waals surface area contributed by atoms with Crippen molar-refractivity contribution in [3.05, 3.63) is 78.2 Å². The van der Waals surface area contributed by atoms with E-state index in [9.17, 15) is 9.90 Å². The number of imidazole rings is 1. The maximum Gasteiger partial charge on any atom is 0.275 e. The quantitative estimate of drug-likeness (QED) is 0.497. The minimum atomic E-state index is -0.784. The second-order valence-corrected chi connectivity index (χ2v) is 10.1. The fourth-order valence-corrected chi connectivity index (χ4v) is 5.77. The van der Waals surface area contributed by atoms with Gasteiger partial charge in [0.25, 0.3) is 5.91 Å². The van der Waals surface area contributed by atoms with E-state index in [0.29, 0.717) is 12.2 Å². The van der Waals surface area contributed by atoms with E-state index in [4.69, 9.17) is 4.98 Å². The van der Waals surface area contributed by atoms with Gasteiger partial charge in [-0.3, -0.25) is 4.79 Å². The molecule has 1 aliphatic heterocycles. The highest BCUT2D eigenvalue weighted by atomic mass is 35.5. The number of halogens is 1. The molecule has 192 valence electrons. The van der Waals surface area contributed by atoms with Gasteiger partial charge < -0.3 is 19.9 Å². The minimum Gasteiger partial charge on any atom is -0.388 e. The highest BCUT2D eigenvalue weighted by Crippen LogP contribution is 2.39. The molecule has 1 saturated heterocycles. The van der Waals surface area contributed by atoms with E-state index < -0.39 is 5.60 Å². The van der Waals surface area contributed by atoms with Gasteiger partial charge >= 0.3 is 0 Å². The first-order chi connectivity index (χ1) is 17.1. The van der Waals surface area contributed by atoms with Gasteiger partial charge in [-0.15, -0.1) is 12.4 Å². The number of hydrogen-bond donors (Lipinski definition) is 2. The Hall–Kier alpha value is -2.67. The zero-order valence-corrected chi connectivity index (χ0v) is 21.8. The van der Waals surface area contributed by atoms with Crippen LogP contribution in [0.3, 0.4) is 0 Å². The molecule has 1 aromatic heterocycles. The van der Waals surface area contributed by atoms with Gasteiger partial charge in [-0.2, -0.15) is 0 Å². The molecule has 0 bridgehead atoms. The van der Waals surface area contributed by atoms with Crippen molar-refractivity contribution in [3.8, 4) is 11.3 Å². The lowest BCUT2D eigenvalue weighted by Crippen LogP contribution is -2.54. The van der Waals surface area contributed by atoms with Crippen LogP contribution in [-0.2, 0) is 6.42 Å². The van der Waals surface area contributed by atoms with Gasteiger partial charge in [0, 0.05) is 31.2 Å². The topological polar surface area (TPSA) is 70.4 Å². The lowest BCUT2D eigenvalue weighted by molar-refractivity contribution is -0.0369. The highest BCUT2D eigenvalue weighted by molar-refractivity contribution is 5.98. The third-order valence-electron chi connectivity index (χ3n) is 7.88. The molecule has 0 unspecified atom stereocenters. The Bertz CT molecular complexity index is 1130. The van der Waals surface area contributed by atoms with E-state index in [1.54, 1.807) is 6.33 Å². The third kappa shape index (κ3) is 5.36. The molecule has 2 aromatic carbocycles. The van der Waals surface area contributed by atoms with E-state index in [1.807, 2.05) is 58.0 Å². The molecule has 36 heavy (non-hydrogen) atoms. The number of nitrogens with zero attached hydrogens (tertiary/aromatic N) is 3. The highest BCUT2D eigenvalue weighted by Gasteiger charge is 2.39. The van der Waals surface area contributed by atoms with Crippen LogP contribution in [0.2, 0.25) is 0 Å². The van der Waals surface area contributed by atoms with Crippen LogP contribution >= 0.6 is 12.4 Å². The summed E-state index contributed by atoms with van der Waals surface area (Å²) in [4.78, 5) is 20.7. The molecular formula is C29H37ClN4O2. The maximum atomic E-state index is 14.0. The minimum absolute atomic E-state index is 0. The lowest BCUT2D eigenvalue weighted by Gasteiger charge is -2.39. The number of carbonyl (C=O) groups is 1. The Morgan fingerprint density at radius 3 is 2.44 bits per heavy atom. The predicted molar refractivity (Wildman–Crippen MR) is 145 cm³/mol. The van der Waals surface area contributed by atoms with Crippen LogP contribution in [0.15, 0.2) is 67.0 Å². The van der Waals surface area contributed by atoms with Crippen molar-refractivity contribution in [1.82, 2.24) is 19.8 Å². The van der Waals surface area contributed by atoms with E-state index in [2.05, 4.69) is 24.4 Å². The standard InChI is InChI=1S/C29H36N4O2.ClH/c1-22(29(35)15-9-4-10-16-29)33-21-31-26(27(33)24-13-7-3-8-14-24)28(34)32-18-17-30-20-25(32)19-23-11-5-2-6-12-23;/h2-3,5-8,11-14,21-22,25,30,35H,4,9-10,15-20H2,1H3;1H/t22-,25+;/m0./s1. The van der Waals surface area contributed by atoms with Crippen molar-refractivity contribution in [1.29, 1.82) is 0 Å². The summed E-state index contributed by atoms with van der Waals surface area (Å²) in [5, 5.41) is 15.0. The molecule has 2 N–H and O–H groups in total. The molecular weight excluding hydrogens is 472 g/mol. The molecule has 2 fully saturated rings. The van der Waals surface area contributed by atoms with Crippen molar-refractivity contribution < 1.29 is 9.90 Å². The van der Waals surface area contributed by atoms with E-state index in [0.717, 1.165) is 56.5 Å². The van der Waals surface area contributed by atoms with Crippen LogP contribution < -0.4 is 5.32 Å². The molecule has 1 amide bonds. The molecule has 7 heteroatoms. The predicted octanol–water partition coefficient (Wildman–Crippen LogP) is 4.88. The molecule has 2 atom stereocenters. The average molecular weight is 509 g/mol. The number of rotatable bonds is 6. The second kappa shape index (κ2) is 11.6. The van der Waals surface area contributed by atoms with Crippen molar-refractivity contribution in [2.24, 2.45) is 0 Å². The third-order valence-corrected chi connectivity index (χ3v) is 7.88. The Morgan fingerprint density at radius 2 is 1.75 bits per heavy atom. The molecule has 0 radical (unpaired) electrons. The van der Waals surface area contributed by atoms with Gasteiger partial charge in [-0.05, 0) is 31.7 Å². The monoisotopic (exact) mass is 508 g/mol. The molecule has 0 spiro atoms. The Labute approximate surface area is 220 Å². The Balaban J connectivity index is 0.00000304. The maximum absolute atomic E-state index is 14.0. The van der Waals surface area contributed by atoms with Crippen LogP contribution in [0.25, 0.3) is 11.3 Å². The van der Waals surface area contributed by atoms with Gasteiger partial charge in [0.1, 0.15) is 0 Å². The summed E-state index contributed by atoms with van der Waals surface area (Å²) in [7, 11) is 0. The summed E-state index contributed by atoms with van der Waals surface area (Å²) < 4.78 is 2.04. The first-order valence-electron chi connectivity index (χ1n) is 13.0. The fourth-order valence-electron chi connectivity index (χ4n) is 5.77. The second-order valence-electron chi connectivity index (χ2n) is 10.1. The summed E-state index contributed by atoms with van der Waals surface area (Å²) in [5.41, 5.74) is 2.67. The summed E-state index contributed by atoms with van der Waals surface area (Å²) >= 11 is 0. The van der Waals surface area contributed by atoms with E-state index >= 15 is 0 Å². The number of carbonyl (C=O) groups excluding carboxylic acids is 1. The molecule has 2 heterocycles. The Kier molecular flexibility index (Phi) is 8.50. The molecule has 1 aliphatic carbocycles. The van der Waals surface area contributed by atoms with Gasteiger partial charge in [0.05, 0.1) is 23.7 Å². The average Bonchev–Trinajstić information content (AvgIpc) is 3.35. The smallest absolute Gasteiger partial charge is 0.275 e. The molecule has 1 saturated carbocycles. The number of piperazine rings is 1. The zero-order chi connectivity index (χ0) is 24.3. The van der Waals surface area contributed by atoms with Crippen LogP contribution in [0.5, 0.6) is 0 Å². The number of hydrogen-bond acceptors (Lipinski definition) is 4. The van der Waals surface area contributed by atoms with Gasteiger partial charge in [0.2, 0.25) is 0 Å². The van der Waals surface area contributed by atoms with Gasteiger partial charge in [-0.1, -0.05) is 79.9 Å². The number of benzene rings is 2. The van der Waals surface area contributed by atoms with E-state index in [1.165, 1.54) is 12.0 Å².